The van der Waals surface area contributed by atoms with Gasteiger partial charge in [0.05, 0.1) is 23.4 Å². The molecule has 0 spiro atoms. The molecule has 6 heteroatoms. The van der Waals surface area contributed by atoms with Gasteiger partial charge in [0.2, 0.25) is 5.91 Å². The number of benzene rings is 1. The van der Waals surface area contributed by atoms with Crippen LogP contribution in [0.5, 0.6) is 0 Å². The molecule has 0 saturated heterocycles. The number of halogens is 1. The van der Waals surface area contributed by atoms with Crippen molar-refractivity contribution in [3.05, 3.63) is 18.2 Å². The van der Waals surface area contributed by atoms with Crippen molar-refractivity contribution in [2.24, 2.45) is 0 Å². The topological polar surface area (TPSA) is 61.4 Å². The van der Waals surface area contributed by atoms with Gasteiger partial charge < -0.3 is 15.7 Å². The third-order valence-corrected chi connectivity index (χ3v) is 3.76. The molecule has 0 bridgehead atoms. The quantitative estimate of drug-likeness (QED) is 0.731. The summed E-state index contributed by atoms with van der Waals surface area (Å²) in [5, 5.41) is 15.2. The highest BCUT2D eigenvalue weighted by atomic mass is 35.5. The Morgan fingerprint density at radius 2 is 2.41 bits per heavy atom. The highest BCUT2D eigenvalue weighted by Gasteiger charge is 2.15. The Hall–Kier alpha value is -0.910. The summed E-state index contributed by atoms with van der Waals surface area (Å²) in [4.78, 5) is 12.3. The van der Waals surface area contributed by atoms with Gasteiger partial charge in [-0.05, 0) is 18.2 Å². The summed E-state index contributed by atoms with van der Waals surface area (Å²) in [5.41, 5.74) is 1.67. The number of thioether (sulfide) groups is 1. The average molecular weight is 273 g/mol. The molecule has 0 aromatic heterocycles. The minimum Gasteiger partial charge on any atom is -0.390 e. The van der Waals surface area contributed by atoms with Crippen LogP contribution in [-0.4, -0.2) is 35.3 Å². The van der Waals surface area contributed by atoms with Crippen LogP contribution in [0.1, 0.15) is 0 Å². The van der Waals surface area contributed by atoms with Crippen molar-refractivity contribution in [2.75, 3.05) is 28.8 Å². The van der Waals surface area contributed by atoms with E-state index in [0.717, 1.165) is 16.3 Å². The van der Waals surface area contributed by atoms with Gasteiger partial charge in [-0.1, -0.05) is 0 Å². The highest BCUT2D eigenvalue weighted by molar-refractivity contribution is 8.00. The van der Waals surface area contributed by atoms with Gasteiger partial charge in [0.15, 0.2) is 0 Å². The molecule has 0 saturated carbocycles. The van der Waals surface area contributed by atoms with E-state index in [1.165, 1.54) is 11.8 Å². The fourth-order valence-corrected chi connectivity index (χ4v) is 2.38. The maximum Gasteiger partial charge on any atom is 0.234 e. The predicted molar refractivity (Wildman–Crippen MR) is 71.0 cm³/mol. The number of anilines is 2. The Kier molecular flexibility index (Phi) is 4.15. The minimum absolute atomic E-state index is 0.0143. The van der Waals surface area contributed by atoms with Crippen molar-refractivity contribution in [1.82, 2.24) is 0 Å². The van der Waals surface area contributed by atoms with Crippen molar-refractivity contribution in [2.45, 2.75) is 11.0 Å². The maximum atomic E-state index is 11.2. The molecular weight excluding hydrogens is 260 g/mol. The molecule has 2 rings (SSSR count). The van der Waals surface area contributed by atoms with E-state index in [0.29, 0.717) is 12.3 Å². The summed E-state index contributed by atoms with van der Waals surface area (Å²) in [6.45, 7) is 0.392. The van der Waals surface area contributed by atoms with Crippen LogP contribution in [0.25, 0.3) is 0 Å². The summed E-state index contributed by atoms with van der Waals surface area (Å²) in [5.74, 6) is 0.676. The number of amides is 1. The van der Waals surface area contributed by atoms with Crippen molar-refractivity contribution < 1.29 is 9.90 Å². The van der Waals surface area contributed by atoms with E-state index < -0.39 is 6.10 Å². The second kappa shape index (κ2) is 5.62. The Balaban J connectivity index is 2.05. The Labute approximate surface area is 109 Å². The molecule has 4 nitrogen and oxygen atoms in total. The minimum atomic E-state index is -0.573. The largest absolute Gasteiger partial charge is 0.390 e. The normalized spacial score (nSPS) is 16.0. The smallest absolute Gasteiger partial charge is 0.234 e. The van der Waals surface area contributed by atoms with Crippen LogP contribution in [0.4, 0.5) is 11.4 Å². The summed E-state index contributed by atoms with van der Waals surface area (Å²) >= 11 is 7.03. The van der Waals surface area contributed by atoms with E-state index in [9.17, 15) is 9.90 Å². The Bertz CT molecular complexity index is 428. The van der Waals surface area contributed by atoms with Crippen molar-refractivity contribution in [3.8, 4) is 0 Å². The van der Waals surface area contributed by atoms with E-state index in [4.69, 9.17) is 11.6 Å². The van der Waals surface area contributed by atoms with Gasteiger partial charge in [-0.25, -0.2) is 0 Å². The number of carbonyl (C=O) groups is 1. The second-order valence-corrected chi connectivity index (χ2v) is 5.06. The lowest BCUT2D eigenvalue weighted by atomic mass is 10.2. The molecule has 1 aromatic carbocycles. The van der Waals surface area contributed by atoms with Crippen molar-refractivity contribution >= 4 is 40.6 Å². The molecule has 0 aliphatic carbocycles. The first-order valence-corrected chi connectivity index (χ1v) is 6.75. The molecule has 17 heavy (non-hydrogen) atoms. The molecule has 0 fully saturated rings. The van der Waals surface area contributed by atoms with Gasteiger partial charge in [0.1, 0.15) is 0 Å². The highest BCUT2D eigenvalue weighted by Crippen LogP contribution is 2.33. The molecule has 0 radical (unpaired) electrons. The molecule has 0 unspecified atom stereocenters. The zero-order chi connectivity index (χ0) is 12.3. The van der Waals surface area contributed by atoms with E-state index in [1.807, 2.05) is 18.2 Å². The molecule has 1 aliphatic heterocycles. The van der Waals surface area contributed by atoms with Crippen LogP contribution >= 0.6 is 23.4 Å². The molecule has 1 heterocycles. The third kappa shape index (κ3) is 3.28. The first-order valence-electron chi connectivity index (χ1n) is 5.23. The van der Waals surface area contributed by atoms with Crippen LogP contribution in [-0.2, 0) is 4.79 Å². The molecule has 3 N–H and O–H groups in total. The zero-order valence-electron chi connectivity index (χ0n) is 9.07. The average Bonchev–Trinajstić information content (AvgIpc) is 2.35. The van der Waals surface area contributed by atoms with Gasteiger partial charge in [-0.3, -0.25) is 4.79 Å². The number of carbonyl (C=O) groups excluding carboxylic acids is 1. The van der Waals surface area contributed by atoms with Crippen LogP contribution in [0, 0.1) is 0 Å². The molecule has 1 aromatic rings. The van der Waals surface area contributed by atoms with E-state index in [-0.39, 0.29) is 11.8 Å². The van der Waals surface area contributed by atoms with E-state index >= 15 is 0 Å². The van der Waals surface area contributed by atoms with Gasteiger partial charge in [0, 0.05) is 17.1 Å². The monoisotopic (exact) mass is 272 g/mol. The SMILES string of the molecule is O=C1CSc2ccc(NC[C@@H](O)CCl)cc2N1. The lowest BCUT2D eigenvalue weighted by Gasteiger charge is -2.18. The van der Waals surface area contributed by atoms with Crippen molar-refractivity contribution in [3.63, 3.8) is 0 Å². The summed E-state index contributed by atoms with van der Waals surface area (Å²) in [6.07, 6.45) is -0.573. The summed E-state index contributed by atoms with van der Waals surface area (Å²) < 4.78 is 0. The predicted octanol–water partition coefficient (Wildman–Crippen LogP) is 1.74. The van der Waals surface area contributed by atoms with Crippen LogP contribution in [0.3, 0.4) is 0 Å². The number of aliphatic hydroxyl groups is 1. The van der Waals surface area contributed by atoms with Crippen LogP contribution in [0.15, 0.2) is 23.1 Å². The number of nitrogens with one attached hydrogen (secondary N) is 2. The lowest BCUT2D eigenvalue weighted by molar-refractivity contribution is -0.113. The molecule has 1 atom stereocenters. The fraction of sp³-hybridized carbons (Fsp3) is 0.364. The molecule has 1 aliphatic rings. The van der Waals surface area contributed by atoms with Gasteiger partial charge in [-0.2, -0.15) is 0 Å². The van der Waals surface area contributed by atoms with E-state index in [1.54, 1.807) is 0 Å². The van der Waals surface area contributed by atoms with Crippen molar-refractivity contribution in [1.29, 1.82) is 0 Å². The number of aliphatic hydroxyl groups excluding tert-OH is 1. The number of hydrogen-bond donors (Lipinski definition) is 3. The summed E-state index contributed by atoms with van der Waals surface area (Å²) in [7, 11) is 0. The number of rotatable bonds is 4. The lowest BCUT2D eigenvalue weighted by Crippen LogP contribution is -2.21. The van der Waals surface area contributed by atoms with Crippen LogP contribution < -0.4 is 10.6 Å². The van der Waals surface area contributed by atoms with Crippen LogP contribution in [0.2, 0.25) is 0 Å². The standard InChI is InChI=1S/C11H13ClN2O2S/c12-4-8(15)5-13-7-1-2-10-9(3-7)14-11(16)6-17-10/h1-3,8,13,15H,4-6H2,(H,14,16)/t8-/m0/s1. The third-order valence-electron chi connectivity index (χ3n) is 2.33. The number of hydrogen-bond acceptors (Lipinski definition) is 4. The zero-order valence-corrected chi connectivity index (χ0v) is 10.6. The molecule has 1 amide bonds. The van der Waals surface area contributed by atoms with Gasteiger partial charge >= 0.3 is 0 Å². The Morgan fingerprint density at radius 3 is 3.18 bits per heavy atom. The first kappa shape index (κ1) is 12.5. The molecule has 92 valence electrons. The van der Waals surface area contributed by atoms with E-state index in [2.05, 4.69) is 10.6 Å². The summed E-state index contributed by atoms with van der Waals surface area (Å²) in [6, 6.07) is 5.74. The fourth-order valence-electron chi connectivity index (χ4n) is 1.48. The maximum absolute atomic E-state index is 11.2. The number of alkyl halides is 1. The Morgan fingerprint density at radius 1 is 1.59 bits per heavy atom. The van der Waals surface area contributed by atoms with Gasteiger partial charge in [-0.15, -0.1) is 23.4 Å². The molecular formula is C11H13ClN2O2S. The second-order valence-electron chi connectivity index (χ2n) is 3.74. The number of fused-ring (bicyclic) bond motifs is 1. The first-order chi connectivity index (χ1) is 8.19. The van der Waals surface area contributed by atoms with Gasteiger partial charge in [0.25, 0.3) is 0 Å².